The summed E-state index contributed by atoms with van der Waals surface area (Å²) >= 11 is 74.4. The minimum absolute atomic E-state index is 0. The third-order valence-electron chi connectivity index (χ3n) is 5.73. The predicted molar refractivity (Wildman–Crippen MR) is 266 cm³/mol. The monoisotopic (exact) mass is 1150 g/mol. The molecule has 27 heteroatoms. The van der Waals surface area contributed by atoms with Crippen LogP contribution in [-0.4, -0.2) is 62.7 Å². The SMILES string of the molecule is S=S(=S)(S)S(=S)(=S)S(=S)(=S)C(COc1ccccc1)OCC1CO1.S=S(=S)(S)S(=S)(=S)S(=S)(=S)C(COc1ccccc1)OCC1CO1.[CH3-].[CH3-].[Y]. The Bertz CT molecular complexity index is 1900. The average molecular weight is 1150 g/mol. The molecular weight excluding hydrogens is 1110 g/mol. The zero-order valence-corrected chi connectivity index (χ0v) is 45.9. The van der Waals surface area contributed by atoms with Gasteiger partial charge >= 0.3 is 0 Å². The number of benzene rings is 2. The van der Waals surface area contributed by atoms with Gasteiger partial charge in [0.15, 0.2) is 10.9 Å². The van der Waals surface area contributed by atoms with Crippen molar-refractivity contribution in [3.05, 3.63) is 75.5 Å². The molecule has 0 amide bonds. The van der Waals surface area contributed by atoms with Crippen molar-refractivity contribution in [1.29, 1.82) is 0 Å². The molecule has 2 saturated heterocycles. The molecule has 51 heavy (non-hydrogen) atoms. The van der Waals surface area contributed by atoms with Gasteiger partial charge in [-0.15, -0.1) is 0 Å². The van der Waals surface area contributed by atoms with Gasteiger partial charge in [-0.1, -0.05) is 59.7 Å². The van der Waals surface area contributed by atoms with E-state index < -0.39 is 44.1 Å². The number of ether oxygens (including phenoxy) is 6. The fraction of sp³-hybridized carbons (Fsp3) is 0.417. The van der Waals surface area contributed by atoms with Gasteiger partial charge in [-0.3, -0.25) is 0 Å². The molecule has 0 aliphatic carbocycles. The Hall–Kier alpha value is 4.42. The molecule has 4 atom stereocenters. The number of rotatable bonds is 18. The van der Waals surface area contributed by atoms with Crippen LogP contribution < -0.4 is 9.47 Å². The topological polar surface area (TPSA) is 62.0 Å². The van der Waals surface area contributed by atoms with E-state index in [-0.39, 0.29) is 73.0 Å². The van der Waals surface area contributed by atoms with Crippen LogP contribution in [0.15, 0.2) is 60.7 Å². The Morgan fingerprint density at radius 1 is 0.569 bits per heavy atom. The fourth-order valence-electron chi connectivity index (χ4n) is 3.05. The van der Waals surface area contributed by atoms with Crippen LogP contribution in [0.3, 0.4) is 0 Å². The van der Waals surface area contributed by atoms with Crippen molar-refractivity contribution in [2.75, 3.05) is 39.6 Å². The summed E-state index contributed by atoms with van der Waals surface area (Å²) in [5, 5.41) is -9.74. The van der Waals surface area contributed by atoms with Crippen LogP contribution in [0, 0.1) is 14.9 Å². The fourth-order valence-corrected chi connectivity index (χ4v) is 54.8. The minimum Gasteiger partial charge on any atom is -0.490 e. The van der Waals surface area contributed by atoms with Crippen LogP contribution >= 0.6 is 23.3 Å². The molecule has 2 fully saturated rings. The van der Waals surface area contributed by atoms with E-state index >= 15 is 0 Å². The Labute approximate surface area is 394 Å². The second kappa shape index (κ2) is 24.0. The first kappa shape index (κ1) is 55.4. The minimum atomic E-state index is -2.50. The summed E-state index contributed by atoms with van der Waals surface area (Å²) < 4.78 is 33.7. The third kappa shape index (κ3) is 16.8. The summed E-state index contributed by atoms with van der Waals surface area (Å²) in [5.41, 5.74) is -1.25. The quantitative estimate of drug-likeness (QED) is 0.0965. The Morgan fingerprint density at radius 2 is 0.843 bits per heavy atom. The molecule has 6 nitrogen and oxygen atoms in total. The smallest absolute Gasteiger partial charge is 0.155 e. The summed E-state index contributed by atoms with van der Waals surface area (Å²) in [6, 6.07) is 18.6. The third-order valence-corrected chi connectivity index (χ3v) is 85.5. The summed E-state index contributed by atoms with van der Waals surface area (Å²) in [4.78, 5) is 0. The molecule has 0 aromatic heterocycles. The van der Waals surface area contributed by atoms with E-state index in [9.17, 15) is 0 Å². The van der Waals surface area contributed by atoms with E-state index in [1.807, 2.05) is 60.7 Å². The summed E-state index contributed by atoms with van der Waals surface area (Å²) in [6.07, 6.45) is -4.82. The van der Waals surface area contributed by atoms with Crippen LogP contribution in [0.5, 0.6) is 11.5 Å². The van der Waals surface area contributed by atoms with Gasteiger partial charge in [0.2, 0.25) is 0 Å². The van der Waals surface area contributed by atoms with Gasteiger partial charge in [0.05, 0.1) is 26.4 Å². The van der Waals surface area contributed by atoms with Crippen molar-refractivity contribution in [3.8, 4) is 11.5 Å². The molecule has 2 aromatic rings. The first-order chi connectivity index (χ1) is 22.1. The Balaban J connectivity index is 0.000000926. The first-order valence-electron chi connectivity index (χ1n) is 12.9. The van der Waals surface area contributed by atoms with Crippen LogP contribution in [0.1, 0.15) is 0 Å². The second-order valence-electron chi connectivity index (χ2n) is 9.34. The summed E-state index contributed by atoms with van der Waals surface area (Å²) in [6.45, 7) is 2.35. The number of para-hydroxylation sites is 2. The normalized spacial score (nSPS) is 18.5. The molecule has 0 saturated carbocycles. The van der Waals surface area contributed by atoms with Crippen LogP contribution in [0.4, 0.5) is 0 Å². The van der Waals surface area contributed by atoms with E-state index in [2.05, 4.69) is 23.3 Å². The zero-order chi connectivity index (χ0) is 36.0. The maximum absolute atomic E-state index is 5.89. The Morgan fingerprint density at radius 3 is 1.08 bits per heavy atom. The van der Waals surface area contributed by atoms with Gasteiger partial charge in [-0.25, -0.2) is 0 Å². The van der Waals surface area contributed by atoms with E-state index in [0.717, 1.165) is 0 Å². The van der Waals surface area contributed by atoms with Gasteiger partial charge in [0.1, 0.15) is 36.9 Å². The molecule has 2 aromatic carbocycles. The van der Waals surface area contributed by atoms with Crippen molar-refractivity contribution in [1.82, 2.24) is 0 Å². The van der Waals surface area contributed by atoms with Crippen molar-refractivity contribution >= 4 is 191 Å². The molecule has 2 heterocycles. The van der Waals surface area contributed by atoms with Crippen molar-refractivity contribution in [3.63, 3.8) is 0 Å². The molecule has 0 spiro atoms. The van der Waals surface area contributed by atoms with E-state index in [1.165, 1.54) is 0 Å². The predicted octanol–water partition coefficient (Wildman–Crippen LogP) is 4.33. The van der Waals surface area contributed by atoms with Crippen molar-refractivity contribution in [2.45, 2.75) is 23.1 Å². The maximum Gasteiger partial charge on any atom is 0.155 e. The van der Waals surface area contributed by atoms with Gasteiger partial charge in [0, 0.05) is 65.9 Å². The van der Waals surface area contributed by atoms with Crippen LogP contribution in [0.25, 0.3) is 0 Å². The number of thiol groups is 2. The van der Waals surface area contributed by atoms with Crippen LogP contribution in [-0.2, 0) is 219 Å². The molecule has 4 rings (SSSR count). The maximum atomic E-state index is 5.89. The molecule has 4 unspecified atom stereocenters. The average Bonchev–Trinajstić information content (AvgIpc) is 3.93. The number of hydrogen-bond donors (Lipinski definition) is 2. The molecule has 0 N–H and O–H groups in total. The first-order valence-corrected chi connectivity index (χ1v) is 38.1. The summed E-state index contributed by atoms with van der Waals surface area (Å²) in [5.74, 6) is 1.37. The van der Waals surface area contributed by atoms with Gasteiger partial charge in [-0.2, -0.15) is 0 Å². The molecular formula is C24H34O6S20Y-2. The van der Waals surface area contributed by atoms with Gasteiger partial charge in [-0.05, 0) is 159 Å². The molecule has 2 aliphatic heterocycles. The van der Waals surface area contributed by atoms with E-state index in [0.29, 0.717) is 37.9 Å². The van der Waals surface area contributed by atoms with E-state index in [4.69, 9.17) is 163 Å². The Kier molecular flexibility index (Phi) is 26.1. The van der Waals surface area contributed by atoms with Crippen LogP contribution in [0.2, 0.25) is 0 Å². The summed E-state index contributed by atoms with van der Waals surface area (Å²) in [7, 11) is 0. The molecule has 1 radical (unpaired) electrons. The second-order valence-corrected chi connectivity index (χ2v) is 69.1. The van der Waals surface area contributed by atoms with Gasteiger partial charge < -0.3 is 43.3 Å². The number of epoxide rings is 2. The van der Waals surface area contributed by atoms with Gasteiger partial charge in [0.25, 0.3) is 0 Å². The molecule has 2 aliphatic rings. The molecule has 291 valence electrons. The van der Waals surface area contributed by atoms with Crippen molar-refractivity contribution < 1.29 is 61.1 Å². The number of hydrogen-bond acceptors (Lipinski definition) is 18. The largest absolute Gasteiger partial charge is 0.490 e. The van der Waals surface area contributed by atoms with E-state index in [1.54, 1.807) is 0 Å². The molecule has 0 bridgehead atoms. The standard InChI is InChI=1S/2C11H14O3S10.2CH3.Y/c2*15-22(16,24(20,21)23(17,18)19)11(14-7-10-6-12-10)8-13-9-4-2-1-3-5-9;;;/h2*1-5,10-11H,6-8H2,(H,17,18,19);2*1H3;/q;;2*-1;. The zero-order valence-electron chi connectivity index (χ0n) is 26.6. The van der Waals surface area contributed by atoms with Crippen molar-refractivity contribution in [2.24, 2.45) is 0 Å².